The van der Waals surface area contributed by atoms with E-state index in [1.807, 2.05) is 0 Å². The Morgan fingerprint density at radius 1 is 1.00 bits per heavy atom. The van der Waals surface area contributed by atoms with Gasteiger partial charge >= 0.3 is 0 Å². The summed E-state index contributed by atoms with van der Waals surface area (Å²) in [5.41, 5.74) is 0.769. The summed E-state index contributed by atoms with van der Waals surface area (Å²) in [5, 5.41) is 0. The third-order valence-electron chi connectivity index (χ3n) is 1.36. The van der Waals surface area contributed by atoms with Crippen molar-refractivity contribution < 1.29 is 0 Å². The highest BCUT2D eigenvalue weighted by Gasteiger charge is 2.01. The summed E-state index contributed by atoms with van der Waals surface area (Å²) in [7, 11) is 0. The van der Waals surface area contributed by atoms with E-state index in [-0.39, 0.29) is 0 Å². The predicted molar refractivity (Wildman–Crippen MR) is 48.6 cm³/mol. The van der Waals surface area contributed by atoms with Gasteiger partial charge in [-0.15, -0.1) is 0 Å². The maximum absolute atomic E-state index is 4.06. The molecule has 0 N–H and O–H groups in total. The van der Waals surface area contributed by atoms with Crippen LogP contribution in [0.3, 0.4) is 0 Å². The number of aromatic nitrogens is 5. The average molecular weight is 238 g/mol. The van der Waals surface area contributed by atoms with Crippen LogP contribution >= 0.6 is 15.9 Å². The van der Waals surface area contributed by atoms with Crippen molar-refractivity contribution in [3.8, 4) is 11.4 Å². The molecule has 0 amide bonds. The number of hydrogen-bond acceptors (Lipinski definition) is 5. The van der Waals surface area contributed by atoms with E-state index >= 15 is 0 Å². The number of rotatable bonds is 1. The molecule has 0 radical (unpaired) electrons. The molecule has 0 spiro atoms. The second-order valence-electron chi connectivity index (χ2n) is 2.21. The van der Waals surface area contributed by atoms with E-state index in [1.165, 1.54) is 12.7 Å². The number of halogens is 1. The Kier molecular flexibility index (Phi) is 2.22. The van der Waals surface area contributed by atoms with Gasteiger partial charge in [-0.05, 0) is 15.9 Å². The lowest BCUT2D eigenvalue weighted by molar-refractivity contribution is 1.01. The summed E-state index contributed by atoms with van der Waals surface area (Å²) >= 11 is 3.16. The molecule has 0 unspecified atom stereocenters. The number of hydrogen-bond donors (Lipinski definition) is 0. The van der Waals surface area contributed by atoms with Crippen LogP contribution in [0.25, 0.3) is 11.4 Å². The van der Waals surface area contributed by atoms with E-state index in [9.17, 15) is 0 Å². The SMILES string of the molecule is Brc1ncnc(-c2cncnc2)n1. The summed E-state index contributed by atoms with van der Waals surface area (Å²) < 4.78 is 0.501. The second-order valence-corrected chi connectivity index (χ2v) is 2.91. The fraction of sp³-hybridized carbons (Fsp3) is 0. The van der Waals surface area contributed by atoms with Crippen molar-refractivity contribution in [1.29, 1.82) is 0 Å². The first-order valence-electron chi connectivity index (χ1n) is 3.46. The topological polar surface area (TPSA) is 64.5 Å². The van der Waals surface area contributed by atoms with Gasteiger partial charge in [0.15, 0.2) is 10.6 Å². The van der Waals surface area contributed by atoms with Crippen LogP contribution in [0.1, 0.15) is 0 Å². The molecule has 13 heavy (non-hydrogen) atoms. The zero-order valence-electron chi connectivity index (χ0n) is 6.42. The van der Waals surface area contributed by atoms with Crippen LogP contribution in [0, 0.1) is 0 Å². The van der Waals surface area contributed by atoms with Gasteiger partial charge in [0, 0.05) is 12.4 Å². The van der Waals surface area contributed by atoms with Crippen molar-refractivity contribution in [3.05, 3.63) is 29.8 Å². The molecule has 0 saturated heterocycles. The molecular weight excluding hydrogens is 234 g/mol. The first kappa shape index (κ1) is 8.18. The van der Waals surface area contributed by atoms with Crippen LogP contribution in [0.15, 0.2) is 29.8 Å². The minimum absolute atomic E-state index is 0.501. The molecular formula is C7H4BrN5. The van der Waals surface area contributed by atoms with Gasteiger partial charge in [-0.1, -0.05) is 0 Å². The Morgan fingerprint density at radius 2 is 1.77 bits per heavy atom. The summed E-state index contributed by atoms with van der Waals surface area (Å²) in [5.74, 6) is 0.558. The Hall–Kier alpha value is -1.43. The molecule has 0 bridgehead atoms. The predicted octanol–water partition coefficient (Wildman–Crippen LogP) is 1.09. The van der Waals surface area contributed by atoms with Crippen LogP contribution in [0.4, 0.5) is 0 Å². The normalized spacial score (nSPS) is 9.92. The third-order valence-corrected chi connectivity index (χ3v) is 1.74. The Labute approximate surface area is 82.5 Å². The Bertz CT molecular complexity index is 405. The lowest BCUT2D eigenvalue weighted by atomic mass is 10.3. The molecule has 0 aromatic carbocycles. The van der Waals surface area contributed by atoms with E-state index in [0.717, 1.165) is 5.56 Å². The zero-order chi connectivity index (χ0) is 9.10. The summed E-state index contributed by atoms with van der Waals surface area (Å²) in [6, 6.07) is 0. The second kappa shape index (κ2) is 3.53. The Morgan fingerprint density at radius 3 is 2.46 bits per heavy atom. The molecule has 64 valence electrons. The van der Waals surface area contributed by atoms with E-state index in [1.54, 1.807) is 12.4 Å². The van der Waals surface area contributed by atoms with Crippen LogP contribution in [-0.4, -0.2) is 24.9 Å². The van der Waals surface area contributed by atoms with Crippen LogP contribution < -0.4 is 0 Å². The highest BCUT2D eigenvalue weighted by molar-refractivity contribution is 9.10. The average Bonchev–Trinajstić information content (AvgIpc) is 2.19. The lowest BCUT2D eigenvalue weighted by Gasteiger charge is -1.96. The van der Waals surface area contributed by atoms with Gasteiger partial charge in [0.25, 0.3) is 0 Å². The molecule has 0 atom stereocenters. The van der Waals surface area contributed by atoms with Crippen molar-refractivity contribution in [2.75, 3.05) is 0 Å². The summed E-state index contributed by atoms with van der Waals surface area (Å²) in [6.07, 6.45) is 6.18. The van der Waals surface area contributed by atoms with E-state index in [0.29, 0.717) is 10.6 Å². The van der Waals surface area contributed by atoms with Gasteiger partial charge in [0.2, 0.25) is 0 Å². The molecule has 0 saturated carbocycles. The molecule has 2 rings (SSSR count). The van der Waals surface area contributed by atoms with Gasteiger partial charge in [0.05, 0.1) is 5.56 Å². The smallest absolute Gasteiger partial charge is 0.200 e. The first-order valence-corrected chi connectivity index (χ1v) is 4.25. The van der Waals surface area contributed by atoms with Crippen molar-refractivity contribution >= 4 is 15.9 Å². The van der Waals surface area contributed by atoms with Gasteiger partial charge in [0.1, 0.15) is 12.7 Å². The largest absolute Gasteiger partial charge is 0.244 e. The molecule has 6 heteroatoms. The van der Waals surface area contributed by atoms with Crippen molar-refractivity contribution in [1.82, 2.24) is 24.9 Å². The van der Waals surface area contributed by atoms with Gasteiger partial charge in [-0.2, -0.15) is 0 Å². The van der Waals surface area contributed by atoms with Gasteiger partial charge in [-0.3, -0.25) is 0 Å². The quantitative estimate of drug-likeness (QED) is 0.743. The zero-order valence-corrected chi connectivity index (χ0v) is 8.01. The molecule has 0 aliphatic rings. The number of nitrogens with zero attached hydrogens (tertiary/aromatic N) is 5. The molecule has 0 aliphatic heterocycles. The molecule has 2 aromatic heterocycles. The molecule has 5 nitrogen and oxygen atoms in total. The fourth-order valence-electron chi connectivity index (χ4n) is 0.830. The van der Waals surface area contributed by atoms with Gasteiger partial charge < -0.3 is 0 Å². The third kappa shape index (κ3) is 1.83. The maximum atomic E-state index is 4.06. The minimum atomic E-state index is 0.501. The maximum Gasteiger partial charge on any atom is 0.200 e. The summed E-state index contributed by atoms with van der Waals surface area (Å²) in [4.78, 5) is 19.6. The summed E-state index contributed by atoms with van der Waals surface area (Å²) in [6.45, 7) is 0. The van der Waals surface area contributed by atoms with Crippen molar-refractivity contribution in [2.24, 2.45) is 0 Å². The first-order chi connectivity index (χ1) is 6.36. The van der Waals surface area contributed by atoms with Crippen molar-refractivity contribution in [2.45, 2.75) is 0 Å². The Balaban J connectivity index is 2.48. The monoisotopic (exact) mass is 237 g/mol. The highest BCUT2D eigenvalue weighted by atomic mass is 79.9. The van der Waals surface area contributed by atoms with Gasteiger partial charge in [-0.25, -0.2) is 24.9 Å². The molecule has 0 fully saturated rings. The van der Waals surface area contributed by atoms with E-state index in [2.05, 4.69) is 40.8 Å². The molecule has 0 aliphatic carbocycles. The van der Waals surface area contributed by atoms with Crippen molar-refractivity contribution in [3.63, 3.8) is 0 Å². The minimum Gasteiger partial charge on any atom is -0.244 e. The molecule has 2 aromatic rings. The standard InChI is InChI=1S/C7H4BrN5/c8-7-12-4-11-6(13-7)5-1-9-3-10-2-5/h1-4H. The van der Waals surface area contributed by atoms with Crippen LogP contribution in [0.5, 0.6) is 0 Å². The van der Waals surface area contributed by atoms with Crippen LogP contribution in [-0.2, 0) is 0 Å². The fourth-order valence-corrected chi connectivity index (χ4v) is 1.09. The van der Waals surface area contributed by atoms with Crippen LogP contribution in [0.2, 0.25) is 0 Å². The lowest BCUT2D eigenvalue weighted by Crippen LogP contribution is -1.92. The molecule has 2 heterocycles. The van der Waals surface area contributed by atoms with E-state index < -0.39 is 0 Å². The highest BCUT2D eigenvalue weighted by Crippen LogP contribution is 2.11. The van der Waals surface area contributed by atoms with E-state index in [4.69, 9.17) is 0 Å².